The van der Waals surface area contributed by atoms with E-state index in [0.717, 1.165) is 0 Å². The summed E-state index contributed by atoms with van der Waals surface area (Å²) in [4.78, 5) is 28.9. The van der Waals surface area contributed by atoms with E-state index in [4.69, 9.17) is 16.0 Å². The van der Waals surface area contributed by atoms with Crippen molar-refractivity contribution in [1.29, 1.82) is 0 Å². The lowest BCUT2D eigenvalue weighted by Crippen LogP contribution is -2.11. The largest absolute Gasteiger partial charge is 0.403 e. The number of aromatic nitrogens is 1. The summed E-state index contributed by atoms with van der Waals surface area (Å²) in [5.41, 5.74) is 1.74. The lowest BCUT2D eigenvalue weighted by Gasteiger charge is -2.07. The van der Waals surface area contributed by atoms with Gasteiger partial charge < -0.3 is 9.73 Å². The van der Waals surface area contributed by atoms with Gasteiger partial charge in [-0.2, -0.15) is 0 Å². The van der Waals surface area contributed by atoms with Crippen molar-refractivity contribution in [3.05, 3.63) is 93.8 Å². The predicted molar refractivity (Wildman–Crippen MR) is 105 cm³/mol. The Morgan fingerprint density at radius 2 is 1.74 bits per heavy atom. The van der Waals surface area contributed by atoms with Crippen molar-refractivity contribution < 1.29 is 9.21 Å². The van der Waals surface area contributed by atoms with Gasteiger partial charge in [0, 0.05) is 21.8 Å². The third-order valence-electron chi connectivity index (χ3n) is 4.01. The maximum absolute atomic E-state index is 12.4. The second-order valence-corrected chi connectivity index (χ2v) is 6.30. The molecule has 0 fully saturated rings. The highest BCUT2D eigenvalue weighted by atomic mass is 35.5. The molecule has 0 atom stereocenters. The number of nitrogens with one attached hydrogen (secondary N) is 1. The number of amides is 1. The van der Waals surface area contributed by atoms with E-state index < -0.39 is 5.63 Å². The molecule has 1 amide bonds. The summed E-state index contributed by atoms with van der Waals surface area (Å²) in [5.74, 6) is -0.0713. The Bertz CT molecular complexity index is 1200. The van der Waals surface area contributed by atoms with E-state index in [1.807, 2.05) is 0 Å². The average Bonchev–Trinajstić information content (AvgIpc) is 2.68. The number of anilines is 1. The molecule has 4 rings (SSSR count). The first-order valence-corrected chi connectivity index (χ1v) is 8.55. The molecule has 27 heavy (non-hydrogen) atoms. The second kappa shape index (κ2) is 7.05. The van der Waals surface area contributed by atoms with Gasteiger partial charge in [-0.15, -0.1) is 0 Å². The number of rotatable bonds is 3. The number of para-hydroxylation sites is 1. The van der Waals surface area contributed by atoms with E-state index in [1.54, 1.807) is 72.8 Å². The molecule has 0 saturated carbocycles. The molecule has 4 aromatic rings. The van der Waals surface area contributed by atoms with Crippen LogP contribution in [0.1, 0.15) is 10.4 Å². The average molecular weight is 377 g/mol. The Kier molecular flexibility index (Phi) is 4.44. The fourth-order valence-electron chi connectivity index (χ4n) is 2.68. The van der Waals surface area contributed by atoms with Crippen LogP contribution in [-0.2, 0) is 0 Å². The highest BCUT2D eigenvalue weighted by Gasteiger charge is 2.10. The summed E-state index contributed by atoms with van der Waals surface area (Å²) >= 11 is 5.84. The van der Waals surface area contributed by atoms with E-state index >= 15 is 0 Å². The van der Waals surface area contributed by atoms with Gasteiger partial charge in [-0.1, -0.05) is 29.8 Å². The molecule has 0 aliphatic heterocycles. The van der Waals surface area contributed by atoms with Crippen LogP contribution in [-0.4, -0.2) is 10.9 Å². The molecule has 3 aromatic carbocycles. The zero-order valence-corrected chi connectivity index (χ0v) is 14.7. The minimum Gasteiger partial charge on any atom is -0.403 e. The molecule has 6 heteroatoms. The van der Waals surface area contributed by atoms with Crippen LogP contribution in [0.2, 0.25) is 5.02 Å². The number of halogens is 1. The molecular formula is C21H13ClN2O3. The lowest BCUT2D eigenvalue weighted by atomic mass is 10.1. The number of carbonyl (C=O) groups excluding carboxylic acids is 1. The van der Waals surface area contributed by atoms with Gasteiger partial charge in [-0.05, 0) is 54.6 Å². The van der Waals surface area contributed by atoms with Crippen molar-refractivity contribution in [2.45, 2.75) is 0 Å². The van der Waals surface area contributed by atoms with E-state index in [9.17, 15) is 9.59 Å². The van der Waals surface area contributed by atoms with Gasteiger partial charge in [0.2, 0.25) is 5.89 Å². The first-order chi connectivity index (χ1) is 13.1. The van der Waals surface area contributed by atoms with E-state index in [2.05, 4.69) is 10.3 Å². The van der Waals surface area contributed by atoms with Crippen LogP contribution in [0.25, 0.3) is 22.4 Å². The Hall–Kier alpha value is -3.44. The van der Waals surface area contributed by atoms with Gasteiger partial charge in [0.1, 0.15) is 0 Å². The summed E-state index contributed by atoms with van der Waals surface area (Å²) in [7, 11) is 0. The molecular weight excluding hydrogens is 364 g/mol. The van der Waals surface area contributed by atoms with Gasteiger partial charge in [-0.3, -0.25) is 4.79 Å². The molecule has 0 aliphatic carbocycles. The minimum absolute atomic E-state index is 0.196. The van der Waals surface area contributed by atoms with Crippen molar-refractivity contribution in [3.63, 3.8) is 0 Å². The zero-order valence-electron chi connectivity index (χ0n) is 14.0. The first-order valence-electron chi connectivity index (χ1n) is 8.17. The van der Waals surface area contributed by atoms with Crippen LogP contribution in [0.4, 0.5) is 5.69 Å². The topological polar surface area (TPSA) is 72.2 Å². The van der Waals surface area contributed by atoms with Crippen LogP contribution >= 0.6 is 11.6 Å². The quantitative estimate of drug-likeness (QED) is 0.559. The molecule has 1 N–H and O–H groups in total. The molecule has 0 spiro atoms. The van der Waals surface area contributed by atoms with Crippen LogP contribution in [0.15, 0.2) is 82.0 Å². The monoisotopic (exact) mass is 376 g/mol. The number of fused-ring (bicyclic) bond motifs is 1. The van der Waals surface area contributed by atoms with Crippen LogP contribution in [0, 0.1) is 0 Å². The number of hydrogen-bond acceptors (Lipinski definition) is 4. The second-order valence-electron chi connectivity index (χ2n) is 5.87. The van der Waals surface area contributed by atoms with Gasteiger partial charge >= 0.3 is 5.63 Å². The summed E-state index contributed by atoms with van der Waals surface area (Å²) in [6.45, 7) is 0. The molecule has 0 bridgehead atoms. The molecule has 0 saturated heterocycles. The smallest absolute Gasteiger partial charge is 0.347 e. The molecule has 0 aliphatic rings. The predicted octanol–water partition coefficient (Wildman–Crippen LogP) is 4.76. The van der Waals surface area contributed by atoms with Crippen molar-refractivity contribution in [1.82, 2.24) is 4.98 Å². The van der Waals surface area contributed by atoms with Crippen molar-refractivity contribution in [3.8, 4) is 11.5 Å². The SMILES string of the molecule is O=C(Nc1cccc(-c2nc3ccccc3c(=O)o2)c1)c1ccc(Cl)cc1. The van der Waals surface area contributed by atoms with Crippen molar-refractivity contribution >= 4 is 34.1 Å². The van der Waals surface area contributed by atoms with Crippen LogP contribution in [0.3, 0.4) is 0 Å². The van der Waals surface area contributed by atoms with Gasteiger partial charge in [0.05, 0.1) is 10.9 Å². The zero-order chi connectivity index (χ0) is 18.8. The number of carbonyl (C=O) groups is 1. The Morgan fingerprint density at radius 3 is 2.56 bits per heavy atom. The lowest BCUT2D eigenvalue weighted by molar-refractivity contribution is 0.102. The number of nitrogens with zero attached hydrogens (tertiary/aromatic N) is 1. The maximum atomic E-state index is 12.4. The normalized spacial score (nSPS) is 10.7. The molecule has 0 unspecified atom stereocenters. The fourth-order valence-corrected chi connectivity index (χ4v) is 2.80. The maximum Gasteiger partial charge on any atom is 0.347 e. The van der Waals surface area contributed by atoms with E-state index in [0.29, 0.717) is 32.7 Å². The first kappa shape index (κ1) is 17.0. The van der Waals surface area contributed by atoms with Crippen LogP contribution in [0.5, 0.6) is 0 Å². The number of benzene rings is 3. The van der Waals surface area contributed by atoms with Gasteiger partial charge in [0.25, 0.3) is 5.91 Å². The Balaban J connectivity index is 1.66. The van der Waals surface area contributed by atoms with Gasteiger partial charge in [-0.25, -0.2) is 9.78 Å². The van der Waals surface area contributed by atoms with E-state index in [-0.39, 0.29) is 11.8 Å². The highest BCUT2D eigenvalue weighted by molar-refractivity contribution is 6.30. The summed E-state index contributed by atoms with van der Waals surface area (Å²) in [5, 5.41) is 3.80. The van der Waals surface area contributed by atoms with E-state index in [1.165, 1.54) is 0 Å². The summed E-state index contributed by atoms with van der Waals surface area (Å²) in [6, 6.07) is 20.5. The number of hydrogen-bond donors (Lipinski definition) is 1. The third kappa shape index (κ3) is 3.59. The minimum atomic E-state index is -0.453. The Labute approximate surface area is 159 Å². The molecule has 132 valence electrons. The van der Waals surface area contributed by atoms with Crippen molar-refractivity contribution in [2.75, 3.05) is 5.32 Å². The highest BCUT2D eigenvalue weighted by Crippen LogP contribution is 2.22. The Morgan fingerprint density at radius 1 is 0.963 bits per heavy atom. The molecule has 1 heterocycles. The molecule has 0 radical (unpaired) electrons. The van der Waals surface area contributed by atoms with Crippen LogP contribution < -0.4 is 10.9 Å². The summed E-state index contributed by atoms with van der Waals surface area (Å²) in [6.07, 6.45) is 0. The fraction of sp³-hybridized carbons (Fsp3) is 0. The molecule has 5 nitrogen and oxygen atoms in total. The van der Waals surface area contributed by atoms with Crippen molar-refractivity contribution in [2.24, 2.45) is 0 Å². The standard InChI is InChI=1S/C21H13ClN2O3/c22-15-10-8-13(9-11-15)19(25)23-16-5-3-4-14(12-16)20-24-18-7-2-1-6-17(18)21(26)27-20/h1-12H,(H,23,25). The molecule has 1 aromatic heterocycles. The third-order valence-corrected chi connectivity index (χ3v) is 4.26. The van der Waals surface area contributed by atoms with Gasteiger partial charge in [0.15, 0.2) is 0 Å². The summed E-state index contributed by atoms with van der Waals surface area (Å²) < 4.78 is 5.34.